The summed E-state index contributed by atoms with van der Waals surface area (Å²) in [4.78, 5) is 2.45. The Hall–Kier alpha value is -0.860. The topological polar surface area (TPSA) is 23.5 Å². The number of nitrogens with zero attached hydrogens (tertiary/aromatic N) is 1. The molecular formula is C19H33NO. The van der Waals surface area contributed by atoms with E-state index < -0.39 is 6.10 Å². The van der Waals surface area contributed by atoms with Gasteiger partial charge in [-0.3, -0.25) is 4.90 Å². The first-order chi connectivity index (χ1) is 10.1. The molecule has 0 radical (unpaired) electrons. The summed E-state index contributed by atoms with van der Waals surface area (Å²) >= 11 is 0. The fraction of sp³-hybridized carbons (Fsp3) is 0.684. The van der Waals surface area contributed by atoms with Gasteiger partial charge >= 0.3 is 0 Å². The van der Waals surface area contributed by atoms with Gasteiger partial charge in [-0.2, -0.15) is 0 Å². The minimum absolute atomic E-state index is 0.176. The van der Waals surface area contributed by atoms with E-state index in [-0.39, 0.29) is 6.04 Å². The van der Waals surface area contributed by atoms with E-state index in [0.29, 0.717) is 0 Å². The summed E-state index contributed by atoms with van der Waals surface area (Å²) in [5.41, 5.74) is 2.37. The van der Waals surface area contributed by atoms with Crippen molar-refractivity contribution in [2.24, 2.45) is 0 Å². The predicted molar refractivity (Wildman–Crippen MR) is 91.6 cm³/mol. The molecule has 21 heavy (non-hydrogen) atoms. The highest BCUT2D eigenvalue weighted by molar-refractivity contribution is 5.24. The maximum Gasteiger partial charge on any atom is 0.0942 e. The minimum Gasteiger partial charge on any atom is -0.387 e. The molecule has 120 valence electrons. The third-order valence-corrected chi connectivity index (χ3v) is 4.36. The molecule has 2 heteroatoms. The van der Waals surface area contributed by atoms with E-state index in [4.69, 9.17) is 0 Å². The highest BCUT2D eigenvalue weighted by Gasteiger charge is 2.22. The summed E-state index contributed by atoms with van der Waals surface area (Å²) < 4.78 is 0. The van der Waals surface area contributed by atoms with Crippen molar-refractivity contribution in [3.8, 4) is 0 Å². The van der Waals surface area contributed by atoms with Gasteiger partial charge in [0.25, 0.3) is 0 Å². The lowest BCUT2D eigenvalue weighted by molar-refractivity contribution is 0.0560. The van der Waals surface area contributed by atoms with Crippen LogP contribution in [0.25, 0.3) is 0 Å². The smallest absolute Gasteiger partial charge is 0.0942 e. The second kappa shape index (κ2) is 9.97. The van der Waals surface area contributed by atoms with Gasteiger partial charge in [0.15, 0.2) is 0 Å². The average Bonchev–Trinajstić information content (AvgIpc) is 2.54. The number of rotatable bonds is 10. The number of aliphatic hydroxyl groups excluding tert-OH is 1. The van der Waals surface area contributed by atoms with Gasteiger partial charge in [0.2, 0.25) is 0 Å². The third-order valence-electron chi connectivity index (χ3n) is 4.36. The molecule has 2 nitrogen and oxygen atoms in total. The van der Waals surface area contributed by atoms with Crippen LogP contribution in [0.15, 0.2) is 24.3 Å². The maximum absolute atomic E-state index is 10.7. The highest BCUT2D eigenvalue weighted by atomic mass is 16.3. The molecule has 0 aliphatic rings. The predicted octanol–water partition coefficient (Wildman–Crippen LogP) is 4.57. The Kier molecular flexibility index (Phi) is 8.63. The van der Waals surface area contributed by atoms with Crippen LogP contribution in [0.4, 0.5) is 0 Å². The van der Waals surface area contributed by atoms with Gasteiger partial charge in [0, 0.05) is 6.04 Å². The first-order valence-electron chi connectivity index (χ1n) is 8.64. The second-order valence-electron chi connectivity index (χ2n) is 6.02. The summed E-state index contributed by atoms with van der Waals surface area (Å²) in [7, 11) is 0. The van der Waals surface area contributed by atoms with Crippen LogP contribution in [0.2, 0.25) is 0 Å². The van der Waals surface area contributed by atoms with Gasteiger partial charge in [-0.25, -0.2) is 0 Å². The lowest BCUT2D eigenvalue weighted by Gasteiger charge is -2.32. The molecule has 1 aromatic rings. The van der Waals surface area contributed by atoms with E-state index in [2.05, 4.69) is 56.9 Å². The molecule has 0 amide bonds. The van der Waals surface area contributed by atoms with Crippen molar-refractivity contribution in [1.29, 1.82) is 0 Å². The van der Waals surface area contributed by atoms with Crippen molar-refractivity contribution in [2.75, 3.05) is 13.1 Å². The Balaban J connectivity index is 2.71. The van der Waals surface area contributed by atoms with Crippen LogP contribution in [0.5, 0.6) is 0 Å². The van der Waals surface area contributed by atoms with Gasteiger partial charge in [-0.15, -0.1) is 0 Å². The second-order valence-corrected chi connectivity index (χ2v) is 6.02. The maximum atomic E-state index is 10.7. The summed E-state index contributed by atoms with van der Waals surface area (Å²) in [6, 6.07) is 8.60. The zero-order valence-electron chi connectivity index (χ0n) is 14.3. The Labute approximate surface area is 131 Å². The third kappa shape index (κ3) is 5.80. The molecule has 1 rings (SSSR count). The summed E-state index contributed by atoms with van der Waals surface area (Å²) in [6.07, 6.45) is 5.47. The lowest BCUT2D eigenvalue weighted by atomic mass is 9.99. The van der Waals surface area contributed by atoms with Crippen LogP contribution in [0.3, 0.4) is 0 Å². The van der Waals surface area contributed by atoms with Crippen molar-refractivity contribution < 1.29 is 5.11 Å². The quantitative estimate of drug-likeness (QED) is 0.682. The molecule has 0 spiro atoms. The normalized spacial score (nSPS) is 14.4. The van der Waals surface area contributed by atoms with Crippen LogP contribution < -0.4 is 0 Å². The standard InChI is InChI=1S/C19H33NO/c1-5-8-14-20(15-9-6-2)16(4)19(21)18-12-10-17(7-3)11-13-18/h10-13,16,19,21H,5-9,14-15H2,1-4H3. The molecule has 0 aliphatic carbocycles. The number of benzene rings is 1. The summed E-state index contributed by atoms with van der Waals surface area (Å²) in [6.45, 7) is 10.9. The summed E-state index contributed by atoms with van der Waals surface area (Å²) in [5, 5.41) is 10.7. The fourth-order valence-corrected chi connectivity index (χ4v) is 2.67. The number of hydrogen-bond donors (Lipinski definition) is 1. The van der Waals surface area contributed by atoms with Crippen LogP contribution in [0, 0.1) is 0 Å². The van der Waals surface area contributed by atoms with E-state index >= 15 is 0 Å². The van der Waals surface area contributed by atoms with Crippen molar-refractivity contribution in [3.05, 3.63) is 35.4 Å². The Morgan fingerprint density at radius 1 is 0.952 bits per heavy atom. The zero-order chi connectivity index (χ0) is 15.7. The monoisotopic (exact) mass is 291 g/mol. The summed E-state index contributed by atoms with van der Waals surface area (Å²) in [5.74, 6) is 0. The van der Waals surface area contributed by atoms with Gasteiger partial charge in [0.1, 0.15) is 0 Å². The van der Waals surface area contributed by atoms with Crippen molar-refractivity contribution in [1.82, 2.24) is 4.90 Å². The van der Waals surface area contributed by atoms with E-state index in [9.17, 15) is 5.11 Å². The number of aryl methyl sites for hydroxylation is 1. The first-order valence-corrected chi connectivity index (χ1v) is 8.64. The molecule has 0 saturated heterocycles. The molecule has 0 saturated carbocycles. The molecule has 1 N–H and O–H groups in total. The van der Waals surface area contributed by atoms with E-state index in [1.165, 1.54) is 31.2 Å². The molecule has 0 fully saturated rings. The largest absolute Gasteiger partial charge is 0.387 e. The number of unbranched alkanes of at least 4 members (excludes halogenated alkanes) is 2. The minimum atomic E-state index is -0.399. The highest BCUT2D eigenvalue weighted by Crippen LogP contribution is 2.22. The number of aliphatic hydroxyl groups is 1. The average molecular weight is 291 g/mol. The molecular weight excluding hydrogens is 258 g/mol. The molecule has 0 heterocycles. The van der Waals surface area contributed by atoms with Crippen molar-refractivity contribution in [2.45, 2.75) is 71.9 Å². The first kappa shape index (κ1) is 18.2. The zero-order valence-corrected chi connectivity index (χ0v) is 14.3. The SMILES string of the molecule is CCCCN(CCCC)C(C)C(O)c1ccc(CC)cc1. The van der Waals surface area contributed by atoms with Crippen LogP contribution in [-0.2, 0) is 6.42 Å². The molecule has 0 bridgehead atoms. The van der Waals surface area contributed by atoms with Crippen LogP contribution in [0.1, 0.15) is 70.6 Å². The van der Waals surface area contributed by atoms with Crippen LogP contribution >= 0.6 is 0 Å². The molecule has 2 atom stereocenters. The van der Waals surface area contributed by atoms with Crippen molar-refractivity contribution >= 4 is 0 Å². The molecule has 0 aromatic heterocycles. The molecule has 0 aliphatic heterocycles. The van der Waals surface area contributed by atoms with Gasteiger partial charge < -0.3 is 5.11 Å². The van der Waals surface area contributed by atoms with E-state index in [1.807, 2.05) is 0 Å². The van der Waals surface area contributed by atoms with E-state index in [1.54, 1.807) is 0 Å². The van der Waals surface area contributed by atoms with Crippen LogP contribution in [-0.4, -0.2) is 29.1 Å². The van der Waals surface area contributed by atoms with Gasteiger partial charge in [0.05, 0.1) is 6.10 Å². The number of hydrogen-bond acceptors (Lipinski definition) is 2. The van der Waals surface area contributed by atoms with Crippen molar-refractivity contribution in [3.63, 3.8) is 0 Å². The van der Waals surface area contributed by atoms with Gasteiger partial charge in [-0.05, 0) is 50.4 Å². The molecule has 2 unspecified atom stereocenters. The fourth-order valence-electron chi connectivity index (χ4n) is 2.67. The molecule has 1 aromatic carbocycles. The Morgan fingerprint density at radius 2 is 1.48 bits per heavy atom. The Bertz CT molecular complexity index is 366. The van der Waals surface area contributed by atoms with E-state index in [0.717, 1.165) is 25.1 Å². The Morgan fingerprint density at radius 3 is 1.90 bits per heavy atom. The van der Waals surface area contributed by atoms with Gasteiger partial charge in [-0.1, -0.05) is 57.9 Å². The lowest BCUT2D eigenvalue weighted by Crippen LogP contribution is -2.39.